The van der Waals surface area contributed by atoms with Gasteiger partial charge in [0.2, 0.25) is 0 Å². The molecule has 2 amide bonds. The summed E-state index contributed by atoms with van der Waals surface area (Å²) in [5, 5.41) is 3.31. The molecule has 1 fully saturated rings. The molecule has 0 saturated carbocycles. The van der Waals surface area contributed by atoms with Crippen molar-refractivity contribution in [2.75, 3.05) is 18.4 Å². The van der Waals surface area contributed by atoms with Crippen molar-refractivity contribution in [1.82, 2.24) is 9.88 Å². The second-order valence-electron chi connectivity index (χ2n) is 5.19. The molecule has 0 aliphatic carbocycles. The van der Waals surface area contributed by atoms with E-state index in [1.807, 2.05) is 0 Å². The number of likely N-dealkylation sites (tertiary alicyclic amines) is 1. The van der Waals surface area contributed by atoms with Crippen LogP contribution in [0.15, 0.2) is 34.7 Å². The first-order chi connectivity index (χ1) is 11.1. The van der Waals surface area contributed by atoms with E-state index in [1.165, 1.54) is 23.5 Å². The van der Waals surface area contributed by atoms with Crippen molar-refractivity contribution in [3.63, 3.8) is 0 Å². The molecule has 2 heterocycles. The summed E-state index contributed by atoms with van der Waals surface area (Å²) in [6.07, 6.45) is 3.11. The van der Waals surface area contributed by atoms with Crippen molar-refractivity contribution in [1.29, 1.82) is 0 Å². The highest BCUT2D eigenvalue weighted by Crippen LogP contribution is 2.23. The zero-order valence-corrected chi connectivity index (χ0v) is 13.9. The van der Waals surface area contributed by atoms with Gasteiger partial charge in [0.15, 0.2) is 5.13 Å². The van der Waals surface area contributed by atoms with E-state index in [1.54, 1.807) is 23.2 Å². The first kappa shape index (κ1) is 16.1. The van der Waals surface area contributed by atoms with Crippen molar-refractivity contribution in [3.05, 3.63) is 36.3 Å². The highest BCUT2D eigenvalue weighted by atomic mass is 32.2. The Morgan fingerprint density at radius 3 is 2.65 bits per heavy atom. The van der Waals surface area contributed by atoms with Gasteiger partial charge in [0.25, 0.3) is 0 Å². The van der Waals surface area contributed by atoms with Gasteiger partial charge in [-0.15, -0.1) is 12.6 Å². The smallest absolute Gasteiger partial charge is 0.323 e. The highest BCUT2D eigenvalue weighted by molar-refractivity contribution is 7.83. The van der Waals surface area contributed by atoms with Gasteiger partial charge in [-0.25, -0.2) is 14.2 Å². The summed E-state index contributed by atoms with van der Waals surface area (Å²) in [4.78, 5) is 18.0. The van der Waals surface area contributed by atoms with E-state index in [2.05, 4.69) is 22.9 Å². The van der Waals surface area contributed by atoms with Crippen LogP contribution in [-0.2, 0) is 0 Å². The summed E-state index contributed by atoms with van der Waals surface area (Å²) in [7, 11) is 0. The Bertz CT molecular complexity index is 670. The van der Waals surface area contributed by atoms with E-state index >= 15 is 0 Å². The number of nitrogens with one attached hydrogen (secondary N) is 1. The molecular formula is C15H16FN3O2S2. The van der Waals surface area contributed by atoms with E-state index in [4.69, 9.17) is 4.74 Å². The van der Waals surface area contributed by atoms with E-state index in [0.29, 0.717) is 24.0 Å². The summed E-state index contributed by atoms with van der Waals surface area (Å²) in [6.45, 7) is 1.22. The number of amides is 2. The van der Waals surface area contributed by atoms with Crippen molar-refractivity contribution >= 4 is 35.1 Å². The van der Waals surface area contributed by atoms with Crippen LogP contribution in [0.2, 0.25) is 0 Å². The third-order valence-corrected chi connectivity index (χ3v) is 4.66. The van der Waals surface area contributed by atoms with Crippen LogP contribution in [0.25, 0.3) is 0 Å². The summed E-state index contributed by atoms with van der Waals surface area (Å²) < 4.78 is 19.4. The Hall–Kier alpha value is -1.80. The lowest BCUT2D eigenvalue weighted by Crippen LogP contribution is -2.43. The number of ether oxygens (including phenoxy) is 1. The highest BCUT2D eigenvalue weighted by Gasteiger charge is 2.24. The van der Waals surface area contributed by atoms with Crippen LogP contribution in [0, 0.1) is 5.82 Å². The molecular weight excluding hydrogens is 337 g/mol. The molecule has 23 heavy (non-hydrogen) atoms. The number of urea groups is 1. The third kappa shape index (κ3) is 4.35. The Kier molecular flexibility index (Phi) is 5.02. The summed E-state index contributed by atoms with van der Waals surface area (Å²) in [6, 6.07) is 5.83. The Morgan fingerprint density at radius 2 is 2.04 bits per heavy atom. The van der Waals surface area contributed by atoms with Crippen LogP contribution in [-0.4, -0.2) is 35.1 Å². The van der Waals surface area contributed by atoms with Gasteiger partial charge in [-0.2, -0.15) is 0 Å². The summed E-state index contributed by atoms with van der Waals surface area (Å²) >= 11 is 5.49. The lowest BCUT2D eigenvalue weighted by Gasteiger charge is -2.31. The standard InChI is InChI=1S/C15H16FN3O2S2/c16-10-1-3-11(4-2-10)21-12-5-7-19(8-6-12)15(20)18-14-17-9-13(22)23-14/h1-4,9,12,22H,5-8H2,(H,17,18,20). The van der Waals surface area contributed by atoms with Gasteiger partial charge in [0, 0.05) is 25.9 Å². The number of benzene rings is 1. The number of thiazole rings is 1. The minimum absolute atomic E-state index is 0.0356. The normalized spacial score (nSPS) is 15.5. The molecule has 0 radical (unpaired) electrons. The zero-order valence-electron chi connectivity index (χ0n) is 12.2. The van der Waals surface area contributed by atoms with Gasteiger partial charge in [-0.05, 0) is 24.3 Å². The number of halogens is 1. The van der Waals surface area contributed by atoms with Gasteiger partial charge >= 0.3 is 6.03 Å². The number of piperidine rings is 1. The molecule has 2 aromatic rings. The van der Waals surface area contributed by atoms with Crippen LogP contribution in [0.3, 0.4) is 0 Å². The van der Waals surface area contributed by atoms with Crippen LogP contribution in [0.1, 0.15) is 12.8 Å². The lowest BCUT2D eigenvalue weighted by atomic mass is 10.1. The van der Waals surface area contributed by atoms with Crippen LogP contribution in [0.4, 0.5) is 14.3 Å². The van der Waals surface area contributed by atoms with E-state index in [-0.39, 0.29) is 18.0 Å². The van der Waals surface area contributed by atoms with Gasteiger partial charge in [0.05, 0.1) is 10.4 Å². The molecule has 122 valence electrons. The fourth-order valence-electron chi connectivity index (χ4n) is 2.38. The number of hydrogen-bond donors (Lipinski definition) is 2. The second kappa shape index (κ2) is 7.18. The number of hydrogen-bond acceptors (Lipinski definition) is 5. The largest absolute Gasteiger partial charge is 0.490 e. The average molecular weight is 353 g/mol. The molecule has 1 aromatic heterocycles. The fraction of sp³-hybridized carbons (Fsp3) is 0.333. The van der Waals surface area contributed by atoms with Crippen LogP contribution in [0.5, 0.6) is 5.75 Å². The van der Waals surface area contributed by atoms with Gasteiger partial charge in [-0.1, -0.05) is 11.3 Å². The maximum absolute atomic E-state index is 12.9. The average Bonchev–Trinajstić information content (AvgIpc) is 2.95. The minimum atomic E-state index is -0.282. The van der Waals surface area contributed by atoms with Crippen molar-refractivity contribution in [3.8, 4) is 5.75 Å². The summed E-state index contributed by atoms with van der Waals surface area (Å²) in [5.74, 6) is 0.369. The number of nitrogens with zero attached hydrogens (tertiary/aromatic N) is 2. The molecule has 1 aliphatic heterocycles. The molecule has 0 bridgehead atoms. The molecule has 1 saturated heterocycles. The summed E-state index contributed by atoms with van der Waals surface area (Å²) in [5.41, 5.74) is 0. The van der Waals surface area contributed by atoms with E-state index in [9.17, 15) is 9.18 Å². The molecule has 1 aliphatic rings. The topological polar surface area (TPSA) is 54.5 Å². The van der Waals surface area contributed by atoms with Gasteiger partial charge < -0.3 is 9.64 Å². The number of rotatable bonds is 3. The Labute approximate surface area is 142 Å². The number of aromatic nitrogens is 1. The Balaban J connectivity index is 1.48. The minimum Gasteiger partial charge on any atom is -0.490 e. The SMILES string of the molecule is O=C(Nc1ncc(S)s1)N1CCC(Oc2ccc(F)cc2)CC1. The van der Waals surface area contributed by atoms with Crippen LogP contribution >= 0.6 is 24.0 Å². The molecule has 5 nitrogen and oxygen atoms in total. The maximum Gasteiger partial charge on any atom is 0.323 e. The fourth-order valence-corrected chi connectivity index (χ4v) is 3.24. The molecule has 1 aromatic carbocycles. The van der Waals surface area contributed by atoms with Gasteiger partial charge in [-0.3, -0.25) is 5.32 Å². The van der Waals surface area contributed by atoms with Crippen molar-refractivity contribution in [2.45, 2.75) is 23.2 Å². The van der Waals surface area contributed by atoms with E-state index < -0.39 is 0 Å². The second-order valence-corrected chi connectivity index (χ2v) is 7.01. The maximum atomic E-state index is 12.9. The van der Waals surface area contributed by atoms with Crippen LogP contribution < -0.4 is 10.1 Å². The third-order valence-electron chi connectivity index (χ3n) is 3.55. The number of anilines is 1. The number of carbonyl (C=O) groups is 1. The molecule has 8 heteroatoms. The molecule has 0 spiro atoms. The first-order valence-electron chi connectivity index (χ1n) is 7.23. The Morgan fingerprint density at radius 1 is 1.35 bits per heavy atom. The van der Waals surface area contributed by atoms with Gasteiger partial charge in [0.1, 0.15) is 17.7 Å². The predicted octanol–water partition coefficient (Wildman–Crippen LogP) is 3.65. The zero-order chi connectivity index (χ0) is 16.2. The predicted molar refractivity (Wildman–Crippen MR) is 90.0 cm³/mol. The molecule has 1 N–H and O–H groups in total. The molecule has 0 unspecified atom stereocenters. The lowest BCUT2D eigenvalue weighted by molar-refractivity contribution is 0.115. The number of carbonyl (C=O) groups excluding carboxylic acids is 1. The van der Waals surface area contributed by atoms with E-state index in [0.717, 1.165) is 17.1 Å². The monoisotopic (exact) mass is 353 g/mol. The quantitative estimate of drug-likeness (QED) is 0.828. The van der Waals surface area contributed by atoms with Crippen molar-refractivity contribution in [2.24, 2.45) is 0 Å². The van der Waals surface area contributed by atoms with Crippen molar-refractivity contribution < 1.29 is 13.9 Å². The molecule has 3 rings (SSSR count). The number of thiol groups is 1. The molecule has 0 atom stereocenters. The first-order valence-corrected chi connectivity index (χ1v) is 8.49.